The molecule has 0 unspecified atom stereocenters. The van der Waals surface area contributed by atoms with E-state index in [9.17, 15) is 0 Å². The Labute approximate surface area is 159 Å². The van der Waals surface area contributed by atoms with E-state index < -0.39 is 0 Å². The van der Waals surface area contributed by atoms with Crippen LogP contribution in [-0.2, 0) is 0 Å². The van der Waals surface area contributed by atoms with Crippen molar-refractivity contribution in [3.8, 4) is 17.1 Å². The zero-order chi connectivity index (χ0) is 18.5. The van der Waals surface area contributed by atoms with Gasteiger partial charge in [0.05, 0.1) is 12.3 Å². The van der Waals surface area contributed by atoms with E-state index in [1.807, 2.05) is 55.6 Å². The molecule has 138 valence electrons. The number of aromatic nitrogens is 4. The first-order valence-corrected chi connectivity index (χ1v) is 9.33. The Balaban J connectivity index is 1.31. The van der Waals surface area contributed by atoms with E-state index in [0.29, 0.717) is 18.4 Å². The molecule has 1 fully saturated rings. The van der Waals surface area contributed by atoms with Crippen molar-refractivity contribution >= 4 is 5.82 Å². The molecule has 0 radical (unpaired) electrons. The second-order valence-electron chi connectivity index (χ2n) is 6.81. The predicted octanol–water partition coefficient (Wildman–Crippen LogP) is 3.54. The maximum absolute atomic E-state index is 5.97. The molecule has 1 saturated heterocycles. The van der Waals surface area contributed by atoms with Crippen LogP contribution in [0.1, 0.15) is 18.7 Å². The van der Waals surface area contributed by atoms with Crippen molar-refractivity contribution < 1.29 is 4.74 Å². The third-order valence-corrected chi connectivity index (χ3v) is 4.88. The molecule has 0 amide bonds. The molecule has 3 aromatic rings. The normalized spacial score (nSPS) is 14.9. The standard InChI is InChI=1S/C21H23N5O/c1-16-22-10-7-20(25-16)26-11-8-17(9-12-26)14-27-21-13-19(23-15-24-21)18-5-3-2-4-6-18/h2-7,10,13,15,17H,8-9,11-12,14H2,1H3. The van der Waals surface area contributed by atoms with Crippen LogP contribution in [0.3, 0.4) is 0 Å². The Hall–Kier alpha value is -3.02. The van der Waals surface area contributed by atoms with E-state index in [1.165, 1.54) is 0 Å². The Morgan fingerprint density at radius 3 is 2.63 bits per heavy atom. The number of aryl methyl sites for hydroxylation is 1. The number of piperidine rings is 1. The first kappa shape index (κ1) is 17.4. The maximum Gasteiger partial charge on any atom is 0.216 e. The zero-order valence-corrected chi connectivity index (χ0v) is 15.5. The molecule has 0 aliphatic carbocycles. The van der Waals surface area contributed by atoms with Gasteiger partial charge in [-0.2, -0.15) is 0 Å². The van der Waals surface area contributed by atoms with Crippen molar-refractivity contribution in [1.29, 1.82) is 0 Å². The Bertz CT molecular complexity index is 879. The maximum atomic E-state index is 5.97. The van der Waals surface area contributed by atoms with Crippen LogP contribution < -0.4 is 9.64 Å². The quantitative estimate of drug-likeness (QED) is 0.693. The molecule has 6 heteroatoms. The van der Waals surface area contributed by atoms with Gasteiger partial charge >= 0.3 is 0 Å². The summed E-state index contributed by atoms with van der Waals surface area (Å²) in [7, 11) is 0. The summed E-state index contributed by atoms with van der Waals surface area (Å²) >= 11 is 0. The Kier molecular flexibility index (Phi) is 5.23. The van der Waals surface area contributed by atoms with E-state index >= 15 is 0 Å². The fraction of sp³-hybridized carbons (Fsp3) is 0.333. The second-order valence-corrected chi connectivity index (χ2v) is 6.81. The van der Waals surface area contributed by atoms with Gasteiger partial charge in [0, 0.05) is 30.9 Å². The molecular weight excluding hydrogens is 338 g/mol. The Morgan fingerprint density at radius 2 is 1.85 bits per heavy atom. The Morgan fingerprint density at radius 1 is 1.04 bits per heavy atom. The molecule has 6 nitrogen and oxygen atoms in total. The lowest BCUT2D eigenvalue weighted by Crippen LogP contribution is -2.36. The first-order chi connectivity index (χ1) is 13.3. The van der Waals surface area contributed by atoms with Crippen LogP contribution in [-0.4, -0.2) is 39.6 Å². The van der Waals surface area contributed by atoms with E-state index in [0.717, 1.165) is 48.8 Å². The SMILES string of the molecule is Cc1nccc(N2CCC(COc3cc(-c4ccccc4)ncn3)CC2)n1. The lowest BCUT2D eigenvalue weighted by molar-refractivity contribution is 0.215. The summed E-state index contributed by atoms with van der Waals surface area (Å²) in [6.45, 7) is 4.59. The fourth-order valence-corrected chi connectivity index (χ4v) is 3.34. The lowest BCUT2D eigenvalue weighted by atomic mass is 9.98. The summed E-state index contributed by atoms with van der Waals surface area (Å²) < 4.78 is 5.97. The summed E-state index contributed by atoms with van der Waals surface area (Å²) in [4.78, 5) is 19.6. The molecule has 0 spiro atoms. The minimum atomic E-state index is 0.527. The monoisotopic (exact) mass is 361 g/mol. The predicted molar refractivity (Wildman–Crippen MR) is 105 cm³/mol. The smallest absolute Gasteiger partial charge is 0.216 e. The van der Waals surface area contributed by atoms with Gasteiger partial charge in [0.25, 0.3) is 0 Å². The van der Waals surface area contributed by atoms with Gasteiger partial charge in [-0.1, -0.05) is 30.3 Å². The van der Waals surface area contributed by atoms with Gasteiger partial charge in [0.15, 0.2) is 0 Å². The van der Waals surface area contributed by atoms with Crippen molar-refractivity contribution in [1.82, 2.24) is 19.9 Å². The fourth-order valence-electron chi connectivity index (χ4n) is 3.34. The summed E-state index contributed by atoms with van der Waals surface area (Å²) in [5, 5.41) is 0. The van der Waals surface area contributed by atoms with Crippen molar-refractivity contribution in [2.75, 3.05) is 24.6 Å². The number of nitrogens with zero attached hydrogens (tertiary/aromatic N) is 5. The average molecular weight is 361 g/mol. The van der Waals surface area contributed by atoms with E-state index in [1.54, 1.807) is 6.33 Å². The van der Waals surface area contributed by atoms with Crippen LogP contribution in [0, 0.1) is 12.8 Å². The number of hydrogen-bond acceptors (Lipinski definition) is 6. The third-order valence-electron chi connectivity index (χ3n) is 4.88. The highest BCUT2D eigenvalue weighted by Crippen LogP contribution is 2.24. The number of benzene rings is 1. The zero-order valence-electron chi connectivity index (χ0n) is 15.5. The first-order valence-electron chi connectivity index (χ1n) is 9.33. The molecule has 0 bridgehead atoms. The van der Waals surface area contributed by atoms with Crippen molar-refractivity contribution in [2.24, 2.45) is 5.92 Å². The highest BCUT2D eigenvalue weighted by molar-refractivity contribution is 5.59. The van der Waals surface area contributed by atoms with Gasteiger partial charge in [0.2, 0.25) is 5.88 Å². The van der Waals surface area contributed by atoms with Gasteiger partial charge in [0.1, 0.15) is 18.0 Å². The highest BCUT2D eigenvalue weighted by Gasteiger charge is 2.21. The molecule has 0 saturated carbocycles. The molecule has 1 aromatic carbocycles. The highest BCUT2D eigenvalue weighted by atomic mass is 16.5. The number of ether oxygens (including phenoxy) is 1. The van der Waals surface area contributed by atoms with E-state index in [-0.39, 0.29) is 0 Å². The van der Waals surface area contributed by atoms with Crippen LogP contribution in [0.2, 0.25) is 0 Å². The molecule has 2 aromatic heterocycles. The average Bonchev–Trinajstić information content (AvgIpc) is 2.73. The molecule has 27 heavy (non-hydrogen) atoms. The molecule has 4 rings (SSSR count). The van der Waals surface area contributed by atoms with Crippen LogP contribution in [0.15, 0.2) is 55.0 Å². The van der Waals surface area contributed by atoms with Gasteiger partial charge < -0.3 is 9.64 Å². The van der Waals surface area contributed by atoms with Crippen molar-refractivity contribution in [3.63, 3.8) is 0 Å². The van der Waals surface area contributed by atoms with E-state index in [2.05, 4.69) is 24.8 Å². The molecule has 0 atom stereocenters. The van der Waals surface area contributed by atoms with Gasteiger partial charge in [-0.25, -0.2) is 19.9 Å². The minimum Gasteiger partial charge on any atom is -0.477 e. The van der Waals surface area contributed by atoms with Crippen LogP contribution >= 0.6 is 0 Å². The molecule has 3 heterocycles. The van der Waals surface area contributed by atoms with Crippen LogP contribution in [0.5, 0.6) is 5.88 Å². The van der Waals surface area contributed by atoms with E-state index in [4.69, 9.17) is 4.74 Å². The van der Waals surface area contributed by atoms with Gasteiger partial charge in [-0.3, -0.25) is 0 Å². The van der Waals surface area contributed by atoms with Gasteiger partial charge in [-0.15, -0.1) is 0 Å². The summed E-state index contributed by atoms with van der Waals surface area (Å²) in [6, 6.07) is 14.0. The molecule has 0 N–H and O–H groups in total. The summed E-state index contributed by atoms with van der Waals surface area (Å²) in [6.07, 6.45) is 5.56. The summed E-state index contributed by atoms with van der Waals surface area (Å²) in [5.74, 6) is 3.00. The second kappa shape index (κ2) is 8.12. The van der Waals surface area contributed by atoms with Crippen molar-refractivity contribution in [3.05, 3.63) is 60.8 Å². The number of rotatable bonds is 5. The number of hydrogen-bond donors (Lipinski definition) is 0. The topological polar surface area (TPSA) is 64.0 Å². The lowest BCUT2D eigenvalue weighted by Gasteiger charge is -2.32. The van der Waals surface area contributed by atoms with Crippen LogP contribution in [0.25, 0.3) is 11.3 Å². The molecular formula is C21H23N5O. The van der Waals surface area contributed by atoms with Crippen LogP contribution in [0.4, 0.5) is 5.82 Å². The largest absolute Gasteiger partial charge is 0.477 e. The molecule has 1 aliphatic rings. The number of anilines is 1. The third kappa shape index (κ3) is 4.39. The van der Waals surface area contributed by atoms with Crippen molar-refractivity contribution in [2.45, 2.75) is 19.8 Å². The minimum absolute atomic E-state index is 0.527. The summed E-state index contributed by atoms with van der Waals surface area (Å²) in [5.41, 5.74) is 1.95. The molecule has 1 aliphatic heterocycles. The van der Waals surface area contributed by atoms with Gasteiger partial charge in [-0.05, 0) is 31.7 Å².